The van der Waals surface area contributed by atoms with Crippen molar-refractivity contribution >= 4 is 0 Å². The summed E-state index contributed by atoms with van der Waals surface area (Å²) in [5, 5.41) is 18.1. The van der Waals surface area contributed by atoms with Crippen molar-refractivity contribution in [3.8, 4) is 0 Å². The summed E-state index contributed by atoms with van der Waals surface area (Å²) >= 11 is 0. The van der Waals surface area contributed by atoms with Crippen LogP contribution in [0.1, 0.15) is 26.2 Å². The molecule has 2 N–H and O–H groups in total. The summed E-state index contributed by atoms with van der Waals surface area (Å²) in [4.78, 5) is 2.27. The number of rotatable bonds is 4. The summed E-state index contributed by atoms with van der Waals surface area (Å²) in [5.41, 5.74) is 0. The second-order valence-corrected chi connectivity index (χ2v) is 3.65. The highest BCUT2D eigenvalue weighted by Crippen LogP contribution is 2.16. The van der Waals surface area contributed by atoms with Gasteiger partial charge in [-0.1, -0.05) is 0 Å². The van der Waals surface area contributed by atoms with E-state index in [1.165, 1.54) is 6.42 Å². The van der Waals surface area contributed by atoms with Crippen LogP contribution in [0.4, 0.5) is 0 Å². The standard InChI is InChI=1S/C9H19NO2/c1-8(12)4-6-10-5-2-3-9(10)7-11/h8-9,11-12H,2-7H2,1H3/t8?,9-/m0/s1. The lowest BCUT2D eigenvalue weighted by Crippen LogP contribution is -2.34. The van der Waals surface area contributed by atoms with E-state index in [0.717, 1.165) is 25.9 Å². The predicted molar refractivity (Wildman–Crippen MR) is 48.0 cm³/mol. The van der Waals surface area contributed by atoms with Crippen molar-refractivity contribution in [3.05, 3.63) is 0 Å². The fourth-order valence-electron chi connectivity index (χ4n) is 1.75. The van der Waals surface area contributed by atoms with Crippen molar-refractivity contribution in [2.45, 2.75) is 38.3 Å². The van der Waals surface area contributed by atoms with Gasteiger partial charge >= 0.3 is 0 Å². The second kappa shape index (κ2) is 4.80. The van der Waals surface area contributed by atoms with E-state index in [-0.39, 0.29) is 12.7 Å². The van der Waals surface area contributed by atoms with E-state index < -0.39 is 0 Å². The molecule has 0 radical (unpaired) electrons. The maximum atomic E-state index is 9.08. The molecule has 3 nitrogen and oxygen atoms in total. The van der Waals surface area contributed by atoms with Crippen LogP contribution in [-0.2, 0) is 0 Å². The summed E-state index contributed by atoms with van der Waals surface area (Å²) in [7, 11) is 0. The molecule has 1 aliphatic heterocycles. The lowest BCUT2D eigenvalue weighted by molar-refractivity contribution is 0.125. The lowest BCUT2D eigenvalue weighted by Gasteiger charge is -2.22. The first-order chi connectivity index (χ1) is 5.74. The van der Waals surface area contributed by atoms with Gasteiger partial charge in [0.15, 0.2) is 0 Å². The van der Waals surface area contributed by atoms with Crippen LogP contribution in [-0.4, -0.2) is 47.0 Å². The Bertz CT molecular complexity index is 128. The Balaban J connectivity index is 2.21. The largest absolute Gasteiger partial charge is 0.395 e. The topological polar surface area (TPSA) is 43.7 Å². The van der Waals surface area contributed by atoms with Crippen LogP contribution in [0.2, 0.25) is 0 Å². The van der Waals surface area contributed by atoms with Gasteiger partial charge in [0, 0.05) is 12.6 Å². The molecule has 3 heteroatoms. The molecular weight excluding hydrogens is 154 g/mol. The number of aliphatic hydroxyl groups is 2. The first-order valence-corrected chi connectivity index (χ1v) is 4.77. The smallest absolute Gasteiger partial charge is 0.0586 e. The van der Waals surface area contributed by atoms with E-state index in [1.807, 2.05) is 6.92 Å². The van der Waals surface area contributed by atoms with Gasteiger partial charge in [-0.15, -0.1) is 0 Å². The van der Waals surface area contributed by atoms with Gasteiger partial charge in [-0.3, -0.25) is 4.90 Å². The fourth-order valence-corrected chi connectivity index (χ4v) is 1.75. The molecule has 72 valence electrons. The Kier molecular flexibility index (Phi) is 3.98. The Morgan fingerprint density at radius 2 is 2.33 bits per heavy atom. The summed E-state index contributed by atoms with van der Waals surface area (Å²) in [6.45, 7) is 4.07. The Labute approximate surface area is 74.0 Å². The molecule has 12 heavy (non-hydrogen) atoms. The van der Waals surface area contributed by atoms with Crippen LogP contribution in [0.5, 0.6) is 0 Å². The third-order valence-electron chi connectivity index (χ3n) is 2.54. The maximum absolute atomic E-state index is 9.08. The van der Waals surface area contributed by atoms with Crippen LogP contribution in [0.15, 0.2) is 0 Å². The normalized spacial score (nSPS) is 27.8. The zero-order chi connectivity index (χ0) is 8.97. The Morgan fingerprint density at radius 3 is 2.92 bits per heavy atom. The van der Waals surface area contributed by atoms with Gasteiger partial charge in [0.2, 0.25) is 0 Å². The van der Waals surface area contributed by atoms with Crippen molar-refractivity contribution in [3.63, 3.8) is 0 Å². The SMILES string of the molecule is CC(O)CCN1CCC[C@H]1CO. The molecule has 0 amide bonds. The lowest BCUT2D eigenvalue weighted by atomic mass is 10.2. The predicted octanol–water partition coefficient (Wildman–Crippen LogP) is 0.214. The van der Waals surface area contributed by atoms with Gasteiger partial charge in [0.05, 0.1) is 12.7 Å². The summed E-state index contributed by atoms with van der Waals surface area (Å²) in [5.74, 6) is 0. The second-order valence-electron chi connectivity index (χ2n) is 3.65. The Hall–Kier alpha value is -0.120. The molecule has 0 aromatic rings. The molecule has 1 heterocycles. The zero-order valence-electron chi connectivity index (χ0n) is 7.74. The Morgan fingerprint density at radius 1 is 1.58 bits per heavy atom. The molecule has 0 saturated carbocycles. The molecule has 1 fully saturated rings. The first-order valence-electron chi connectivity index (χ1n) is 4.77. The molecule has 0 aliphatic carbocycles. The van der Waals surface area contributed by atoms with Crippen LogP contribution in [0, 0.1) is 0 Å². The number of hydrogen-bond acceptors (Lipinski definition) is 3. The minimum atomic E-state index is -0.218. The van der Waals surface area contributed by atoms with Crippen LogP contribution in [0.3, 0.4) is 0 Å². The molecule has 1 rings (SSSR count). The van der Waals surface area contributed by atoms with Crippen molar-refractivity contribution in [1.82, 2.24) is 4.90 Å². The van der Waals surface area contributed by atoms with Gasteiger partial charge in [0.25, 0.3) is 0 Å². The number of hydrogen-bond donors (Lipinski definition) is 2. The van der Waals surface area contributed by atoms with Crippen molar-refractivity contribution in [2.24, 2.45) is 0 Å². The van der Waals surface area contributed by atoms with Crippen molar-refractivity contribution in [1.29, 1.82) is 0 Å². The zero-order valence-corrected chi connectivity index (χ0v) is 7.74. The molecular formula is C9H19NO2. The minimum Gasteiger partial charge on any atom is -0.395 e. The van der Waals surface area contributed by atoms with Crippen LogP contribution in [0.25, 0.3) is 0 Å². The van der Waals surface area contributed by atoms with Crippen LogP contribution < -0.4 is 0 Å². The maximum Gasteiger partial charge on any atom is 0.0586 e. The van der Waals surface area contributed by atoms with Gasteiger partial charge < -0.3 is 10.2 Å². The number of aliphatic hydroxyl groups excluding tert-OH is 2. The molecule has 0 spiro atoms. The quantitative estimate of drug-likeness (QED) is 0.639. The highest BCUT2D eigenvalue weighted by atomic mass is 16.3. The summed E-state index contributed by atoms with van der Waals surface area (Å²) in [6.07, 6.45) is 2.89. The average molecular weight is 173 g/mol. The van der Waals surface area contributed by atoms with Gasteiger partial charge in [-0.25, -0.2) is 0 Å². The first kappa shape index (κ1) is 9.96. The average Bonchev–Trinajstić information content (AvgIpc) is 2.47. The highest BCUT2D eigenvalue weighted by molar-refractivity contribution is 4.78. The number of nitrogens with zero attached hydrogens (tertiary/aromatic N) is 1. The third kappa shape index (κ3) is 2.73. The molecule has 1 unspecified atom stereocenters. The molecule has 1 aliphatic rings. The van der Waals surface area contributed by atoms with Gasteiger partial charge in [-0.05, 0) is 32.7 Å². The minimum absolute atomic E-state index is 0.218. The monoisotopic (exact) mass is 173 g/mol. The van der Waals surface area contributed by atoms with E-state index in [9.17, 15) is 0 Å². The number of likely N-dealkylation sites (tertiary alicyclic amines) is 1. The molecule has 2 atom stereocenters. The van der Waals surface area contributed by atoms with E-state index >= 15 is 0 Å². The van der Waals surface area contributed by atoms with E-state index in [2.05, 4.69) is 4.90 Å². The van der Waals surface area contributed by atoms with Crippen LogP contribution >= 0.6 is 0 Å². The molecule has 1 saturated heterocycles. The van der Waals surface area contributed by atoms with E-state index in [4.69, 9.17) is 10.2 Å². The van der Waals surface area contributed by atoms with Crippen molar-refractivity contribution in [2.75, 3.05) is 19.7 Å². The highest BCUT2D eigenvalue weighted by Gasteiger charge is 2.22. The third-order valence-corrected chi connectivity index (χ3v) is 2.54. The summed E-state index contributed by atoms with van der Waals surface area (Å²) < 4.78 is 0. The summed E-state index contributed by atoms with van der Waals surface area (Å²) in [6, 6.07) is 0.351. The molecule has 0 aromatic heterocycles. The van der Waals surface area contributed by atoms with Gasteiger partial charge in [-0.2, -0.15) is 0 Å². The van der Waals surface area contributed by atoms with E-state index in [0.29, 0.717) is 6.04 Å². The molecule has 0 aromatic carbocycles. The molecule has 0 bridgehead atoms. The van der Waals surface area contributed by atoms with Crippen molar-refractivity contribution < 1.29 is 10.2 Å². The van der Waals surface area contributed by atoms with Gasteiger partial charge in [0.1, 0.15) is 0 Å². The van der Waals surface area contributed by atoms with E-state index in [1.54, 1.807) is 0 Å². The fraction of sp³-hybridized carbons (Fsp3) is 1.00.